The minimum atomic E-state index is 0.0978. The molecule has 3 heteroatoms. The first-order valence-corrected chi connectivity index (χ1v) is 3.25. The van der Waals surface area contributed by atoms with Gasteiger partial charge in [-0.25, -0.2) is 4.98 Å². The molecule has 0 aliphatic rings. The lowest BCUT2D eigenvalue weighted by Crippen LogP contribution is -1.95. The first-order valence-electron chi connectivity index (χ1n) is 3.25. The molecule has 0 spiro atoms. The van der Waals surface area contributed by atoms with Gasteiger partial charge in [-0.3, -0.25) is 4.79 Å². The van der Waals surface area contributed by atoms with E-state index in [1.165, 1.54) is 0 Å². The van der Waals surface area contributed by atoms with Crippen molar-refractivity contribution in [3.63, 3.8) is 0 Å². The van der Waals surface area contributed by atoms with Crippen LogP contribution in [-0.4, -0.2) is 15.3 Å². The summed E-state index contributed by atoms with van der Waals surface area (Å²) in [7, 11) is 1.85. The summed E-state index contributed by atoms with van der Waals surface area (Å²) in [5.74, 6) is 0.0978. The Morgan fingerprint density at radius 2 is 2.50 bits per heavy atom. The Balaban J connectivity index is 2.85. The topological polar surface area (TPSA) is 34.9 Å². The highest BCUT2D eigenvalue weighted by Gasteiger charge is 2.03. The van der Waals surface area contributed by atoms with Crippen molar-refractivity contribution in [2.45, 2.75) is 13.3 Å². The van der Waals surface area contributed by atoms with E-state index in [2.05, 4.69) is 4.98 Å². The molecule has 0 fully saturated rings. The first-order chi connectivity index (χ1) is 4.74. The number of carbonyl (C=O) groups is 1. The van der Waals surface area contributed by atoms with E-state index in [-0.39, 0.29) is 5.78 Å². The Morgan fingerprint density at radius 3 is 2.90 bits per heavy atom. The number of aryl methyl sites for hydroxylation is 1. The van der Waals surface area contributed by atoms with E-state index in [1.807, 2.05) is 14.0 Å². The van der Waals surface area contributed by atoms with Gasteiger partial charge in [-0.15, -0.1) is 0 Å². The van der Waals surface area contributed by atoms with Crippen LogP contribution in [0.2, 0.25) is 0 Å². The highest BCUT2D eigenvalue weighted by Crippen LogP contribution is 1.97. The lowest BCUT2D eigenvalue weighted by molar-refractivity contribution is 0.0984. The molecule has 1 aromatic rings. The van der Waals surface area contributed by atoms with Gasteiger partial charge in [0.1, 0.15) is 5.69 Å². The van der Waals surface area contributed by atoms with E-state index >= 15 is 0 Å². The quantitative estimate of drug-likeness (QED) is 0.572. The normalized spacial score (nSPS) is 9.80. The van der Waals surface area contributed by atoms with E-state index in [0.717, 1.165) is 0 Å². The molecule has 1 heterocycles. The molecule has 1 aromatic heterocycles. The highest BCUT2D eigenvalue weighted by atomic mass is 16.1. The van der Waals surface area contributed by atoms with E-state index in [9.17, 15) is 4.79 Å². The number of aromatic nitrogens is 2. The Morgan fingerprint density at radius 1 is 1.80 bits per heavy atom. The third-order valence-corrected chi connectivity index (χ3v) is 1.31. The van der Waals surface area contributed by atoms with Crippen molar-refractivity contribution in [1.82, 2.24) is 9.55 Å². The summed E-state index contributed by atoms with van der Waals surface area (Å²) in [6.07, 6.45) is 3.88. The lowest BCUT2D eigenvalue weighted by Gasteiger charge is -1.86. The Labute approximate surface area is 59.7 Å². The Bertz CT molecular complexity index is 240. The van der Waals surface area contributed by atoms with E-state index in [4.69, 9.17) is 0 Å². The van der Waals surface area contributed by atoms with Crippen LogP contribution in [0.4, 0.5) is 0 Å². The molecule has 0 bridgehead atoms. The van der Waals surface area contributed by atoms with Crippen LogP contribution in [-0.2, 0) is 7.05 Å². The summed E-state index contributed by atoms with van der Waals surface area (Å²) in [5.41, 5.74) is 0.560. The number of hydrogen-bond acceptors (Lipinski definition) is 2. The van der Waals surface area contributed by atoms with Crippen LogP contribution in [0.1, 0.15) is 23.8 Å². The SMILES string of the molecule is CCC(=O)c1cn(C)cn1. The molecule has 0 aliphatic heterocycles. The number of rotatable bonds is 2. The number of hydrogen-bond donors (Lipinski definition) is 0. The molecule has 0 unspecified atom stereocenters. The van der Waals surface area contributed by atoms with Crippen molar-refractivity contribution < 1.29 is 4.79 Å². The van der Waals surface area contributed by atoms with Gasteiger partial charge in [-0.2, -0.15) is 0 Å². The third kappa shape index (κ3) is 1.23. The number of carbonyl (C=O) groups excluding carboxylic acids is 1. The van der Waals surface area contributed by atoms with Crippen LogP contribution < -0.4 is 0 Å². The molecule has 0 amide bonds. The van der Waals surface area contributed by atoms with Gasteiger partial charge < -0.3 is 4.57 Å². The zero-order valence-electron chi connectivity index (χ0n) is 6.16. The molecule has 10 heavy (non-hydrogen) atoms. The smallest absolute Gasteiger partial charge is 0.182 e. The molecule has 0 aliphatic carbocycles. The second-order valence-electron chi connectivity index (χ2n) is 2.20. The summed E-state index contributed by atoms with van der Waals surface area (Å²) in [6, 6.07) is 0. The lowest BCUT2D eigenvalue weighted by atomic mass is 10.2. The van der Waals surface area contributed by atoms with Crippen LogP contribution in [0.25, 0.3) is 0 Å². The van der Waals surface area contributed by atoms with E-state index < -0.39 is 0 Å². The van der Waals surface area contributed by atoms with Gasteiger partial charge in [0.25, 0.3) is 0 Å². The molecule has 54 valence electrons. The van der Waals surface area contributed by atoms with E-state index in [1.54, 1.807) is 17.1 Å². The van der Waals surface area contributed by atoms with Crippen LogP contribution in [0.3, 0.4) is 0 Å². The second-order valence-corrected chi connectivity index (χ2v) is 2.20. The fourth-order valence-corrected chi connectivity index (χ4v) is 0.738. The maximum absolute atomic E-state index is 11.0. The van der Waals surface area contributed by atoms with Crippen LogP contribution in [0.15, 0.2) is 12.5 Å². The molecule has 3 nitrogen and oxygen atoms in total. The molecule has 0 saturated heterocycles. The molecular weight excluding hydrogens is 128 g/mol. The number of ketones is 1. The number of imidazole rings is 1. The Hall–Kier alpha value is -1.12. The van der Waals surface area contributed by atoms with Gasteiger partial charge in [0.15, 0.2) is 5.78 Å². The van der Waals surface area contributed by atoms with Gasteiger partial charge in [0.05, 0.1) is 6.33 Å². The standard InChI is InChI=1S/C7H10N2O/c1-3-7(10)6-4-9(2)5-8-6/h4-5H,3H2,1-2H3. The van der Waals surface area contributed by atoms with Crippen molar-refractivity contribution >= 4 is 5.78 Å². The van der Waals surface area contributed by atoms with Crippen molar-refractivity contribution in [1.29, 1.82) is 0 Å². The van der Waals surface area contributed by atoms with Gasteiger partial charge in [-0.1, -0.05) is 6.92 Å². The minimum Gasteiger partial charge on any atom is -0.340 e. The van der Waals surface area contributed by atoms with Crippen molar-refractivity contribution in [3.8, 4) is 0 Å². The highest BCUT2D eigenvalue weighted by molar-refractivity contribution is 5.93. The first kappa shape index (κ1) is 6.99. The molecule has 0 saturated carbocycles. The number of nitrogens with zero attached hydrogens (tertiary/aromatic N) is 2. The predicted molar refractivity (Wildman–Crippen MR) is 37.8 cm³/mol. The molecule has 0 atom stereocenters. The predicted octanol–water partition coefficient (Wildman–Crippen LogP) is 1.01. The van der Waals surface area contributed by atoms with Crippen LogP contribution in [0.5, 0.6) is 0 Å². The summed E-state index contributed by atoms with van der Waals surface area (Å²) < 4.78 is 1.77. The van der Waals surface area contributed by atoms with Gasteiger partial charge in [0.2, 0.25) is 0 Å². The largest absolute Gasteiger partial charge is 0.340 e. The zero-order chi connectivity index (χ0) is 7.56. The summed E-state index contributed by atoms with van der Waals surface area (Å²) in [5, 5.41) is 0. The molecular formula is C7H10N2O. The minimum absolute atomic E-state index is 0.0978. The summed E-state index contributed by atoms with van der Waals surface area (Å²) in [4.78, 5) is 14.9. The average Bonchev–Trinajstić information content (AvgIpc) is 2.34. The van der Waals surface area contributed by atoms with Crippen LogP contribution >= 0.6 is 0 Å². The average molecular weight is 138 g/mol. The van der Waals surface area contributed by atoms with Crippen molar-refractivity contribution in [3.05, 3.63) is 18.2 Å². The fraction of sp³-hybridized carbons (Fsp3) is 0.429. The van der Waals surface area contributed by atoms with Crippen molar-refractivity contribution in [2.75, 3.05) is 0 Å². The summed E-state index contributed by atoms with van der Waals surface area (Å²) in [6.45, 7) is 1.83. The maximum Gasteiger partial charge on any atom is 0.182 e. The molecule has 0 N–H and O–H groups in total. The van der Waals surface area contributed by atoms with Gasteiger partial charge in [-0.05, 0) is 0 Å². The summed E-state index contributed by atoms with van der Waals surface area (Å²) >= 11 is 0. The number of Topliss-reactive ketones (excluding diaryl/α,β-unsaturated/α-hetero) is 1. The van der Waals surface area contributed by atoms with Gasteiger partial charge >= 0.3 is 0 Å². The fourth-order valence-electron chi connectivity index (χ4n) is 0.738. The molecule has 0 radical (unpaired) electrons. The van der Waals surface area contributed by atoms with E-state index in [0.29, 0.717) is 12.1 Å². The Kier molecular flexibility index (Phi) is 1.85. The van der Waals surface area contributed by atoms with Crippen molar-refractivity contribution in [2.24, 2.45) is 7.05 Å². The third-order valence-electron chi connectivity index (χ3n) is 1.31. The van der Waals surface area contributed by atoms with Gasteiger partial charge in [0, 0.05) is 19.7 Å². The van der Waals surface area contributed by atoms with Crippen LogP contribution in [0, 0.1) is 0 Å². The second kappa shape index (κ2) is 2.64. The zero-order valence-corrected chi connectivity index (χ0v) is 6.16. The molecule has 1 rings (SSSR count). The molecule has 0 aromatic carbocycles. The monoisotopic (exact) mass is 138 g/mol. The maximum atomic E-state index is 11.0.